The van der Waals surface area contributed by atoms with Crippen molar-refractivity contribution in [2.24, 2.45) is 0 Å². The Labute approximate surface area is 114 Å². The van der Waals surface area contributed by atoms with Crippen molar-refractivity contribution in [1.82, 2.24) is 4.98 Å². The summed E-state index contributed by atoms with van der Waals surface area (Å²) in [7, 11) is 0. The van der Waals surface area contributed by atoms with Crippen molar-refractivity contribution in [2.75, 3.05) is 0 Å². The molecule has 1 heterocycles. The second-order valence-electron chi connectivity index (χ2n) is 4.13. The van der Waals surface area contributed by atoms with E-state index < -0.39 is 0 Å². The van der Waals surface area contributed by atoms with Crippen LogP contribution in [0.2, 0.25) is 0 Å². The van der Waals surface area contributed by atoms with Crippen molar-refractivity contribution in [2.45, 2.75) is 11.4 Å². The number of hydrogen-bond acceptors (Lipinski definition) is 4. The summed E-state index contributed by atoms with van der Waals surface area (Å²) in [6.07, 6.45) is 2.30. The molecular weight excluding hydrogens is 260 g/mol. The van der Waals surface area contributed by atoms with Gasteiger partial charge in [0.1, 0.15) is 5.03 Å². The first-order chi connectivity index (χ1) is 9.25. The molecule has 1 aromatic heterocycles. The maximum Gasteiger partial charge on any atom is 0.287 e. The van der Waals surface area contributed by atoms with Crippen LogP contribution >= 0.6 is 11.8 Å². The third kappa shape index (κ3) is 2.24. The monoisotopic (exact) mass is 270 g/mol. The standard InChI is InChI=1S/C14H10N2O2S/c17-16(18)14-11-6-2-1-5-10(11)9-12(14)19-13-7-3-4-8-15-13/h1-8H,9H2. The van der Waals surface area contributed by atoms with Crippen LogP contribution in [0.25, 0.3) is 5.70 Å². The normalized spacial score (nSPS) is 13.5. The molecule has 94 valence electrons. The molecule has 1 aliphatic rings. The Hall–Kier alpha value is -2.14. The Morgan fingerprint density at radius 3 is 2.68 bits per heavy atom. The third-order valence-electron chi connectivity index (χ3n) is 2.94. The van der Waals surface area contributed by atoms with Crippen molar-refractivity contribution in [3.05, 3.63) is 74.8 Å². The van der Waals surface area contributed by atoms with Crippen molar-refractivity contribution in [3.63, 3.8) is 0 Å². The van der Waals surface area contributed by atoms with E-state index in [1.807, 2.05) is 36.4 Å². The molecule has 0 aliphatic heterocycles. The molecule has 0 bridgehead atoms. The maximum absolute atomic E-state index is 11.3. The Balaban J connectivity index is 2.01. The number of nitro groups is 1. The van der Waals surface area contributed by atoms with Crippen LogP contribution in [0.4, 0.5) is 0 Å². The van der Waals surface area contributed by atoms with Gasteiger partial charge in [-0.2, -0.15) is 0 Å². The fourth-order valence-electron chi connectivity index (χ4n) is 2.13. The van der Waals surface area contributed by atoms with Crippen LogP contribution < -0.4 is 0 Å². The number of benzene rings is 1. The number of hydrogen-bond donors (Lipinski definition) is 0. The molecule has 19 heavy (non-hydrogen) atoms. The zero-order chi connectivity index (χ0) is 13.2. The lowest BCUT2D eigenvalue weighted by atomic mass is 10.1. The molecule has 0 fully saturated rings. The van der Waals surface area contributed by atoms with E-state index in [1.165, 1.54) is 11.8 Å². The van der Waals surface area contributed by atoms with Gasteiger partial charge in [-0.3, -0.25) is 10.1 Å². The fraction of sp³-hybridized carbons (Fsp3) is 0.0714. The molecule has 5 heteroatoms. The lowest BCUT2D eigenvalue weighted by Crippen LogP contribution is -1.97. The van der Waals surface area contributed by atoms with Crippen LogP contribution in [-0.2, 0) is 6.42 Å². The number of aromatic nitrogens is 1. The fourth-order valence-corrected chi connectivity index (χ4v) is 3.15. The number of pyridine rings is 1. The second-order valence-corrected chi connectivity index (χ2v) is 5.25. The number of nitrogens with zero attached hydrogens (tertiary/aromatic N) is 2. The first-order valence-corrected chi connectivity index (χ1v) is 6.62. The highest BCUT2D eigenvalue weighted by Gasteiger charge is 2.31. The first kappa shape index (κ1) is 11.9. The van der Waals surface area contributed by atoms with Crippen molar-refractivity contribution >= 4 is 17.5 Å². The van der Waals surface area contributed by atoms with E-state index in [2.05, 4.69) is 4.98 Å². The summed E-state index contributed by atoms with van der Waals surface area (Å²) < 4.78 is 0. The summed E-state index contributed by atoms with van der Waals surface area (Å²) in [5.74, 6) is 0. The van der Waals surface area contributed by atoms with Crippen molar-refractivity contribution < 1.29 is 4.92 Å². The van der Waals surface area contributed by atoms with Crippen LogP contribution in [0.5, 0.6) is 0 Å². The molecule has 3 rings (SSSR count). The summed E-state index contributed by atoms with van der Waals surface area (Å²) in [4.78, 5) is 15.9. The molecule has 0 saturated heterocycles. The molecule has 1 aromatic carbocycles. The van der Waals surface area contributed by atoms with Gasteiger partial charge >= 0.3 is 0 Å². The summed E-state index contributed by atoms with van der Waals surface area (Å²) in [5, 5.41) is 12.1. The average molecular weight is 270 g/mol. The quantitative estimate of drug-likeness (QED) is 0.633. The molecule has 0 radical (unpaired) electrons. The van der Waals surface area contributed by atoms with Crippen LogP contribution in [0.15, 0.2) is 58.6 Å². The lowest BCUT2D eigenvalue weighted by molar-refractivity contribution is -0.375. The van der Waals surface area contributed by atoms with Gasteiger partial charge in [-0.25, -0.2) is 4.98 Å². The highest BCUT2D eigenvalue weighted by molar-refractivity contribution is 8.03. The molecule has 0 spiro atoms. The molecule has 0 saturated carbocycles. The van der Waals surface area contributed by atoms with Gasteiger partial charge in [0, 0.05) is 12.6 Å². The van der Waals surface area contributed by atoms with E-state index in [-0.39, 0.29) is 10.6 Å². The highest BCUT2D eigenvalue weighted by Crippen LogP contribution is 2.41. The minimum atomic E-state index is -0.295. The number of allylic oxidation sites excluding steroid dienone is 1. The van der Waals surface area contributed by atoms with E-state index in [4.69, 9.17) is 0 Å². The molecular formula is C14H10N2O2S. The smallest absolute Gasteiger partial charge is 0.258 e. The van der Waals surface area contributed by atoms with Crippen LogP contribution in [0.1, 0.15) is 11.1 Å². The Kier molecular flexibility index (Phi) is 3.05. The van der Waals surface area contributed by atoms with Gasteiger partial charge in [-0.1, -0.05) is 36.0 Å². The zero-order valence-corrected chi connectivity index (χ0v) is 10.8. The van der Waals surface area contributed by atoms with Crippen molar-refractivity contribution in [1.29, 1.82) is 0 Å². The van der Waals surface area contributed by atoms with E-state index >= 15 is 0 Å². The zero-order valence-electron chi connectivity index (χ0n) is 9.95. The molecule has 2 aromatic rings. The SMILES string of the molecule is O=[N+]([O-])C1=C(Sc2ccccn2)Cc2ccccc21. The predicted molar refractivity (Wildman–Crippen MR) is 74.2 cm³/mol. The van der Waals surface area contributed by atoms with Gasteiger partial charge in [-0.15, -0.1) is 0 Å². The van der Waals surface area contributed by atoms with Gasteiger partial charge in [0.2, 0.25) is 0 Å². The Morgan fingerprint density at radius 1 is 1.16 bits per heavy atom. The first-order valence-electron chi connectivity index (χ1n) is 5.80. The van der Waals surface area contributed by atoms with E-state index in [0.29, 0.717) is 6.42 Å². The molecule has 0 unspecified atom stereocenters. The minimum absolute atomic E-state index is 0.214. The van der Waals surface area contributed by atoms with E-state index in [0.717, 1.165) is 21.1 Å². The lowest BCUT2D eigenvalue weighted by Gasteiger charge is -2.00. The Morgan fingerprint density at radius 2 is 1.95 bits per heavy atom. The third-order valence-corrected chi connectivity index (χ3v) is 3.97. The molecule has 1 aliphatic carbocycles. The maximum atomic E-state index is 11.3. The summed E-state index contributed by atoms with van der Waals surface area (Å²) in [5.41, 5.74) is 1.95. The van der Waals surface area contributed by atoms with Crippen molar-refractivity contribution in [3.8, 4) is 0 Å². The second kappa shape index (κ2) is 4.85. The van der Waals surface area contributed by atoms with Gasteiger partial charge in [0.05, 0.1) is 15.4 Å². The molecule has 0 amide bonds. The van der Waals surface area contributed by atoms with Gasteiger partial charge in [-0.05, 0) is 23.8 Å². The number of rotatable bonds is 3. The van der Waals surface area contributed by atoms with E-state index in [9.17, 15) is 10.1 Å². The van der Waals surface area contributed by atoms with Crippen LogP contribution in [0.3, 0.4) is 0 Å². The van der Waals surface area contributed by atoms with Crippen LogP contribution in [-0.4, -0.2) is 9.91 Å². The molecule has 0 atom stereocenters. The predicted octanol–water partition coefficient (Wildman–Crippen LogP) is 3.38. The van der Waals surface area contributed by atoms with Gasteiger partial charge in [0.15, 0.2) is 0 Å². The van der Waals surface area contributed by atoms with Crippen LogP contribution in [0, 0.1) is 10.1 Å². The average Bonchev–Trinajstić information content (AvgIpc) is 2.77. The Bertz CT molecular complexity index is 668. The van der Waals surface area contributed by atoms with Gasteiger partial charge in [0.25, 0.3) is 5.70 Å². The largest absolute Gasteiger partial charge is 0.287 e. The topological polar surface area (TPSA) is 56.0 Å². The number of thioether (sulfide) groups is 1. The summed E-state index contributed by atoms with van der Waals surface area (Å²) in [6.45, 7) is 0. The highest BCUT2D eigenvalue weighted by atomic mass is 32.2. The summed E-state index contributed by atoms with van der Waals surface area (Å²) >= 11 is 1.37. The molecule has 4 nitrogen and oxygen atoms in total. The van der Waals surface area contributed by atoms with E-state index in [1.54, 1.807) is 12.3 Å². The molecule has 0 N–H and O–H groups in total. The minimum Gasteiger partial charge on any atom is -0.258 e. The summed E-state index contributed by atoms with van der Waals surface area (Å²) in [6, 6.07) is 13.0. The van der Waals surface area contributed by atoms with Gasteiger partial charge < -0.3 is 0 Å². The number of fused-ring (bicyclic) bond motifs is 1.